The summed E-state index contributed by atoms with van der Waals surface area (Å²) in [7, 11) is 0. The largest absolute Gasteiger partial charge is 0.480 e. The van der Waals surface area contributed by atoms with Gasteiger partial charge in [-0.2, -0.15) is 0 Å². The van der Waals surface area contributed by atoms with Gasteiger partial charge in [0.25, 0.3) is 0 Å². The molecule has 0 fully saturated rings. The minimum atomic E-state index is -1.07. The lowest BCUT2D eigenvalue weighted by Crippen LogP contribution is -2.42. The van der Waals surface area contributed by atoms with Crippen LogP contribution in [0, 0.1) is 0 Å². The van der Waals surface area contributed by atoms with Gasteiger partial charge in [0.2, 0.25) is 5.91 Å². The molecule has 2 rings (SSSR count). The third-order valence-corrected chi connectivity index (χ3v) is 5.35. The van der Waals surface area contributed by atoms with Gasteiger partial charge in [-0.15, -0.1) is 0 Å². The van der Waals surface area contributed by atoms with Gasteiger partial charge in [0.15, 0.2) is 0 Å². The average Bonchev–Trinajstić information content (AvgIpc) is 2.76. The van der Waals surface area contributed by atoms with Gasteiger partial charge in [0.05, 0.1) is 0 Å². The van der Waals surface area contributed by atoms with E-state index < -0.39 is 18.1 Å². The molecular weight excluding hydrogens is 464 g/mol. The van der Waals surface area contributed by atoms with E-state index >= 15 is 0 Å². The van der Waals surface area contributed by atoms with Crippen molar-refractivity contribution in [2.45, 2.75) is 44.8 Å². The lowest BCUT2D eigenvalue weighted by molar-refractivity contribution is -0.141. The fourth-order valence-corrected chi connectivity index (χ4v) is 3.35. The first kappa shape index (κ1) is 24.4. The maximum atomic E-state index is 12.1. The summed E-state index contributed by atoms with van der Waals surface area (Å²) >= 11 is 3.39. The van der Waals surface area contributed by atoms with Crippen LogP contribution in [-0.4, -0.2) is 35.7 Å². The Morgan fingerprint density at radius 1 is 0.968 bits per heavy atom. The summed E-state index contributed by atoms with van der Waals surface area (Å²) in [5, 5.41) is 14.7. The van der Waals surface area contributed by atoms with Crippen LogP contribution in [-0.2, 0) is 27.4 Å². The number of halogens is 1. The Bertz CT molecular complexity index is 860. The summed E-state index contributed by atoms with van der Waals surface area (Å²) < 4.78 is 5.93. The lowest BCUT2D eigenvalue weighted by Gasteiger charge is -2.15. The number of hydrogen-bond acceptors (Lipinski definition) is 4. The van der Waals surface area contributed by atoms with E-state index in [0.717, 1.165) is 22.0 Å². The number of unbranched alkanes of at least 4 members (excludes halogenated alkanes) is 2. The molecule has 8 heteroatoms. The number of carboxylic acid groups (broad SMARTS) is 1. The molecule has 0 bridgehead atoms. The number of carbonyl (C=O) groups excluding carboxylic acids is 2. The Kier molecular flexibility index (Phi) is 10.6. The first-order valence-corrected chi connectivity index (χ1v) is 10.9. The van der Waals surface area contributed by atoms with E-state index in [1.807, 2.05) is 54.6 Å². The van der Waals surface area contributed by atoms with Crippen LogP contribution >= 0.6 is 15.9 Å². The molecule has 0 spiro atoms. The van der Waals surface area contributed by atoms with Crippen LogP contribution in [0.5, 0.6) is 0 Å². The molecule has 0 aliphatic rings. The van der Waals surface area contributed by atoms with Crippen LogP contribution in [0.4, 0.5) is 4.79 Å². The molecule has 166 valence electrons. The molecule has 0 aliphatic heterocycles. The van der Waals surface area contributed by atoms with Crippen molar-refractivity contribution in [2.24, 2.45) is 0 Å². The number of nitrogens with one attached hydrogen (secondary N) is 2. The third-order valence-electron chi connectivity index (χ3n) is 4.58. The molecule has 2 aromatic carbocycles. The second-order valence-electron chi connectivity index (χ2n) is 7.05. The Hall–Kier alpha value is -2.87. The predicted octanol–water partition coefficient (Wildman–Crippen LogP) is 4.05. The highest BCUT2D eigenvalue weighted by Crippen LogP contribution is 2.17. The minimum absolute atomic E-state index is 0.206. The second kappa shape index (κ2) is 13.4. The Balaban J connectivity index is 1.58. The standard InChI is InChI=1S/C23H27BrN2O5/c24-19-12-7-6-11-18(19)15-20(22(28)29)26-21(27)13-5-2-8-14-25-23(30)31-16-17-9-3-1-4-10-17/h1,3-4,6-7,9-12,20H,2,5,8,13-16H2,(H,25,30)(H,26,27)(H,28,29)/t20-/m0/s1. The van der Waals surface area contributed by atoms with E-state index in [1.165, 1.54) is 0 Å². The van der Waals surface area contributed by atoms with Gasteiger partial charge in [-0.25, -0.2) is 9.59 Å². The molecule has 3 N–H and O–H groups in total. The van der Waals surface area contributed by atoms with E-state index in [1.54, 1.807) is 0 Å². The zero-order valence-electron chi connectivity index (χ0n) is 17.2. The maximum Gasteiger partial charge on any atom is 0.407 e. The molecule has 7 nitrogen and oxygen atoms in total. The SMILES string of the molecule is O=C(CCCCCNC(=O)OCc1ccccc1)N[C@@H](Cc1ccccc1Br)C(=O)O. The number of ether oxygens (including phenoxy) is 1. The molecule has 0 aromatic heterocycles. The van der Waals surface area contributed by atoms with Crippen molar-refractivity contribution >= 4 is 33.9 Å². The number of carboxylic acids is 1. The fourth-order valence-electron chi connectivity index (χ4n) is 2.90. The number of carbonyl (C=O) groups is 3. The summed E-state index contributed by atoms with van der Waals surface area (Å²) in [6.45, 7) is 0.673. The summed E-state index contributed by atoms with van der Waals surface area (Å²) in [6, 6.07) is 15.8. The van der Waals surface area contributed by atoms with E-state index in [-0.39, 0.29) is 25.4 Å². The predicted molar refractivity (Wildman–Crippen MR) is 121 cm³/mol. The van der Waals surface area contributed by atoms with Crippen LogP contribution < -0.4 is 10.6 Å². The highest BCUT2D eigenvalue weighted by molar-refractivity contribution is 9.10. The molecule has 0 saturated heterocycles. The number of amides is 2. The van der Waals surface area contributed by atoms with Crippen LogP contribution in [0.1, 0.15) is 36.8 Å². The van der Waals surface area contributed by atoms with Crippen LogP contribution in [0.15, 0.2) is 59.1 Å². The first-order chi connectivity index (χ1) is 15.0. The van der Waals surface area contributed by atoms with Crippen LogP contribution in [0.25, 0.3) is 0 Å². The highest BCUT2D eigenvalue weighted by atomic mass is 79.9. The van der Waals surface area contributed by atoms with Crippen molar-refractivity contribution in [1.82, 2.24) is 10.6 Å². The minimum Gasteiger partial charge on any atom is -0.480 e. The van der Waals surface area contributed by atoms with Crippen LogP contribution in [0.3, 0.4) is 0 Å². The molecule has 2 aromatic rings. The van der Waals surface area contributed by atoms with Crippen molar-refractivity contribution in [3.05, 3.63) is 70.2 Å². The van der Waals surface area contributed by atoms with Gasteiger partial charge in [-0.05, 0) is 30.0 Å². The van der Waals surface area contributed by atoms with Crippen LogP contribution in [0.2, 0.25) is 0 Å². The number of rotatable bonds is 12. The Morgan fingerprint density at radius 3 is 2.39 bits per heavy atom. The van der Waals surface area contributed by atoms with Gasteiger partial charge in [0.1, 0.15) is 12.6 Å². The normalized spacial score (nSPS) is 11.4. The monoisotopic (exact) mass is 490 g/mol. The second-order valence-corrected chi connectivity index (χ2v) is 7.91. The van der Waals surface area contributed by atoms with Gasteiger partial charge < -0.3 is 20.5 Å². The highest BCUT2D eigenvalue weighted by Gasteiger charge is 2.21. The zero-order valence-corrected chi connectivity index (χ0v) is 18.8. The molecule has 0 radical (unpaired) electrons. The van der Waals surface area contributed by atoms with Crippen molar-refractivity contribution in [3.8, 4) is 0 Å². The van der Waals surface area contributed by atoms with Gasteiger partial charge >= 0.3 is 12.1 Å². The van der Waals surface area contributed by atoms with E-state index in [0.29, 0.717) is 19.4 Å². The summed E-state index contributed by atoms with van der Waals surface area (Å²) in [4.78, 5) is 35.3. The number of benzene rings is 2. The maximum absolute atomic E-state index is 12.1. The summed E-state index contributed by atoms with van der Waals surface area (Å²) in [5.41, 5.74) is 1.74. The Morgan fingerprint density at radius 2 is 1.68 bits per heavy atom. The third kappa shape index (κ3) is 9.65. The van der Waals surface area contributed by atoms with Gasteiger partial charge in [-0.3, -0.25) is 4.79 Å². The number of hydrogen-bond donors (Lipinski definition) is 3. The summed E-state index contributed by atoms with van der Waals surface area (Å²) in [5.74, 6) is -1.36. The molecule has 1 atom stereocenters. The molecular formula is C23H27BrN2O5. The Labute approximate surface area is 190 Å². The quantitative estimate of drug-likeness (QED) is 0.389. The first-order valence-electron chi connectivity index (χ1n) is 10.2. The molecule has 0 unspecified atom stereocenters. The fraction of sp³-hybridized carbons (Fsp3) is 0.348. The zero-order chi connectivity index (χ0) is 22.5. The van der Waals surface area contributed by atoms with Crippen molar-refractivity contribution < 1.29 is 24.2 Å². The molecule has 0 saturated carbocycles. The average molecular weight is 491 g/mol. The number of aliphatic carboxylic acids is 1. The molecule has 0 aliphatic carbocycles. The smallest absolute Gasteiger partial charge is 0.407 e. The topological polar surface area (TPSA) is 105 Å². The molecule has 0 heterocycles. The molecule has 31 heavy (non-hydrogen) atoms. The number of alkyl carbamates (subject to hydrolysis) is 1. The van der Waals surface area contributed by atoms with E-state index in [4.69, 9.17) is 4.74 Å². The van der Waals surface area contributed by atoms with E-state index in [9.17, 15) is 19.5 Å². The van der Waals surface area contributed by atoms with Gasteiger partial charge in [0, 0.05) is 23.9 Å². The van der Waals surface area contributed by atoms with E-state index in [2.05, 4.69) is 26.6 Å². The van der Waals surface area contributed by atoms with Crippen molar-refractivity contribution in [3.63, 3.8) is 0 Å². The summed E-state index contributed by atoms with van der Waals surface area (Å²) in [6.07, 6.45) is 2.00. The molecule has 2 amide bonds. The van der Waals surface area contributed by atoms with Gasteiger partial charge in [-0.1, -0.05) is 70.9 Å². The van der Waals surface area contributed by atoms with Crippen molar-refractivity contribution in [1.29, 1.82) is 0 Å². The van der Waals surface area contributed by atoms with Crippen molar-refractivity contribution in [2.75, 3.05) is 6.54 Å². The lowest BCUT2D eigenvalue weighted by atomic mass is 10.1.